The second kappa shape index (κ2) is 38.9. The minimum Gasteiger partial charge on any atom is -0.494 e. The highest BCUT2D eigenvalue weighted by Crippen LogP contribution is 2.36. The molecule has 2 saturated carbocycles. The van der Waals surface area contributed by atoms with Gasteiger partial charge in [-0.25, -0.2) is 14.6 Å². The number of carbonyl (C=O) groups excluding carboxylic acids is 4. The molecule has 0 aliphatic heterocycles. The number of fused-ring (bicyclic) bond motifs is 1. The molecular weight excluding hydrogens is 1120 g/mol. The third kappa shape index (κ3) is 24.9. The van der Waals surface area contributed by atoms with Crippen molar-refractivity contribution in [2.75, 3.05) is 39.6 Å². The molecule has 87 heavy (non-hydrogen) atoms. The molecule has 470 valence electrons. The number of benzene rings is 4. The molecule has 0 spiro atoms. The average Bonchev–Trinajstić information content (AvgIpc) is 3.07. The zero-order valence-corrected chi connectivity index (χ0v) is 51.5. The molecule has 0 bridgehead atoms. The molecule has 1 unspecified atom stereocenters. The normalized spacial score (nSPS) is 17.0. The van der Waals surface area contributed by atoms with Gasteiger partial charge in [-0.3, -0.25) is 14.6 Å². The fourth-order valence-corrected chi connectivity index (χ4v) is 11.7. The van der Waals surface area contributed by atoms with Gasteiger partial charge in [-0.2, -0.15) is 4.89 Å². The maximum absolute atomic E-state index is 13.8. The van der Waals surface area contributed by atoms with Gasteiger partial charge in [-0.05, 0) is 200 Å². The average molecular weight is 1220 g/mol. The van der Waals surface area contributed by atoms with E-state index in [2.05, 4.69) is 19.2 Å². The lowest BCUT2D eigenvalue weighted by molar-refractivity contribution is -0.218. The molecule has 7 rings (SSSR count). The number of hydrogen-bond acceptors (Lipinski definition) is 17. The fourth-order valence-electron chi connectivity index (χ4n) is 10.7. The number of aliphatic hydroxyl groups excluding tert-OH is 1. The Kier molecular flexibility index (Phi) is 30.2. The molecule has 1 N–H and O–H groups in total. The predicted molar refractivity (Wildman–Crippen MR) is 338 cm³/mol. The Bertz CT molecular complexity index is 2840. The van der Waals surface area contributed by atoms with E-state index in [-0.39, 0.29) is 48.4 Å². The van der Waals surface area contributed by atoms with Crippen molar-refractivity contribution in [3.63, 3.8) is 0 Å². The molecule has 1 atom stereocenters. The largest absolute Gasteiger partial charge is 0.494 e. The minimum atomic E-state index is -0.399. The van der Waals surface area contributed by atoms with E-state index in [1.807, 2.05) is 54.6 Å². The van der Waals surface area contributed by atoms with Crippen molar-refractivity contribution >= 4 is 51.6 Å². The summed E-state index contributed by atoms with van der Waals surface area (Å²) in [7, 11) is 0. The van der Waals surface area contributed by atoms with Gasteiger partial charge < -0.3 is 43.2 Å². The number of para-hydroxylation sites is 1. The first-order chi connectivity index (χ1) is 42.7. The number of nitrogens with zero attached hydrogens (tertiary/aromatic N) is 2. The molecule has 5 aromatic rings. The van der Waals surface area contributed by atoms with Crippen molar-refractivity contribution in [3.8, 4) is 34.5 Å². The smallest absolute Gasteiger partial charge is 0.330 e. The summed E-state index contributed by atoms with van der Waals surface area (Å²) < 4.78 is 41.2. The molecule has 4 aromatic carbocycles. The van der Waals surface area contributed by atoms with Gasteiger partial charge in [0.15, 0.2) is 5.75 Å². The van der Waals surface area contributed by atoms with Crippen LogP contribution in [-0.4, -0.2) is 85.9 Å². The van der Waals surface area contributed by atoms with Gasteiger partial charge in [0, 0.05) is 30.5 Å². The maximum Gasteiger partial charge on any atom is 0.330 e. The van der Waals surface area contributed by atoms with Crippen molar-refractivity contribution in [2.24, 2.45) is 22.7 Å². The van der Waals surface area contributed by atoms with Crippen LogP contribution in [0.3, 0.4) is 0 Å². The zero-order chi connectivity index (χ0) is 61.1. The number of carbonyl (C=O) groups is 4. The molecule has 1 aromatic heterocycles. The summed E-state index contributed by atoms with van der Waals surface area (Å²) in [6.07, 6.45) is 26.3. The van der Waals surface area contributed by atoms with E-state index in [9.17, 15) is 19.2 Å². The third-order valence-electron chi connectivity index (χ3n) is 15.8. The van der Waals surface area contributed by atoms with Gasteiger partial charge in [-0.1, -0.05) is 70.2 Å². The summed E-state index contributed by atoms with van der Waals surface area (Å²) in [6, 6.07) is 28.0. The number of esters is 4. The molecule has 0 saturated heterocycles. The topological polar surface area (TPSA) is 197 Å². The van der Waals surface area contributed by atoms with E-state index in [0.29, 0.717) is 100 Å². The molecule has 2 fully saturated rings. The molecule has 16 nitrogen and oxygen atoms in total. The van der Waals surface area contributed by atoms with Crippen LogP contribution in [0.15, 0.2) is 121 Å². The van der Waals surface area contributed by atoms with Crippen LogP contribution in [0.2, 0.25) is 0 Å². The van der Waals surface area contributed by atoms with Gasteiger partial charge in [0.1, 0.15) is 39.8 Å². The van der Waals surface area contributed by atoms with E-state index >= 15 is 0 Å². The third-order valence-corrected chi connectivity index (χ3v) is 17.0. The van der Waals surface area contributed by atoms with Crippen LogP contribution in [0.5, 0.6) is 34.5 Å². The highest BCUT2D eigenvalue weighted by molar-refractivity contribution is 7.18. The van der Waals surface area contributed by atoms with Crippen molar-refractivity contribution in [3.05, 3.63) is 127 Å². The van der Waals surface area contributed by atoms with E-state index in [1.54, 1.807) is 47.9 Å². The maximum atomic E-state index is 13.8. The predicted octanol–water partition coefficient (Wildman–Crippen LogP) is 15.6. The lowest BCUT2D eigenvalue weighted by Crippen LogP contribution is -2.30. The minimum absolute atomic E-state index is 0.0256. The van der Waals surface area contributed by atoms with Gasteiger partial charge in [0.2, 0.25) is 0 Å². The summed E-state index contributed by atoms with van der Waals surface area (Å²) in [5.41, 5.74) is 1.55. The fraction of sp³-hybridized carbons (Fsp3) is 0.514. The zero-order valence-electron chi connectivity index (χ0n) is 50.7. The first-order valence-corrected chi connectivity index (χ1v) is 32.5. The van der Waals surface area contributed by atoms with Gasteiger partial charge >= 0.3 is 23.9 Å². The Balaban J connectivity index is 0.899. The highest BCUT2D eigenvalue weighted by atomic mass is 32.1. The standard InChI is InChI=1S/C70H90N2O14S/c1-3-66(74)80-47-21-13-11-19-45-78-56-34-38-59(39-35-56)83-58-32-30-54(31-33-58)70(77)85-61-42-43-64(55(49-61)50-71-63(24-15-9-7-5-6-8-10-18-44-73)68-72-62-23-16-17-25-65(62)87-68)86-82-51-52-26-28-53(29-27-52)69(76)84-60-40-36-57(37-41-60)79-46-20-12-14-22-48-81-67(75)4-2/h3-4,16-17,23,25,34-43,49-50,52-54,58,63,73H,1-2,5-15,18-22,24,26-33,44-48,51H2. The lowest BCUT2D eigenvalue weighted by atomic mass is 9.82. The van der Waals surface area contributed by atoms with E-state index < -0.39 is 11.9 Å². The van der Waals surface area contributed by atoms with Gasteiger partial charge in [0.05, 0.1) is 61.2 Å². The first-order valence-electron chi connectivity index (χ1n) is 31.7. The molecule has 0 amide bonds. The van der Waals surface area contributed by atoms with E-state index in [1.165, 1.54) is 25.0 Å². The number of aliphatic imine (C=N–C) groups is 1. The molecule has 17 heteroatoms. The van der Waals surface area contributed by atoms with Crippen LogP contribution in [0.25, 0.3) is 10.2 Å². The monoisotopic (exact) mass is 1210 g/mol. The second-order valence-corrected chi connectivity index (χ2v) is 23.6. The Morgan fingerprint density at radius 2 is 1.08 bits per heavy atom. The highest BCUT2D eigenvalue weighted by Gasteiger charge is 2.30. The number of aliphatic hydroxyl groups is 1. The van der Waals surface area contributed by atoms with Crippen LogP contribution in [-0.2, 0) is 33.5 Å². The van der Waals surface area contributed by atoms with Crippen LogP contribution < -0.4 is 28.6 Å². The summed E-state index contributed by atoms with van der Waals surface area (Å²) >= 11 is 1.66. The Hall–Kier alpha value is -7.08. The number of aromatic nitrogens is 1. The molecule has 2 aliphatic rings. The quantitative estimate of drug-likeness (QED) is 0.00737. The Morgan fingerprint density at radius 1 is 0.575 bits per heavy atom. The summed E-state index contributed by atoms with van der Waals surface area (Å²) in [6.45, 7) is 9.34. The molecule has 2 aliphatic carbocycles. The van der Waals surface area contributed by atoms with Crippen LogP contribution >= 0.6 is 11.3 Å². The van der Waals surface area contributed by atoms with Crippen molar-refractivity contribution in [2.45, 2.75) is 173 Å². The first kappa shape index (κ1) is 67.4. The van der Waals surface area contributed by atoms with Gasteiger partial charge in [-0.15, -0.1) is 11.3 Å². The van der Waals surface area contributed by atoms with Crippen molar-refractivity contribution in [1.29, 1.82) is 0 Å². The summed E-state index contributed by atoms with van der Waals surface area (Å²) in [4.78, 5) is 71.7. The lowest BCUT2D eigenvalue weighted by Gasteiger charge is -2.28. The SMILES string of the molecule is C=CC(=O)OCCCCCCOc1ccc(OC(=O)C2CCC(COOc3ccc(OC(=O)C4CCC(Oc5ccc(OCCCCCCOC(=O)C=C)cc5)CC4)cc3C=NC(CCCCCCCCCCO)c3nc4ccccc4s3)CC2)cc1. The second-order valence-electron chi connectivity index (χ2n) is 22.6. The number of thiazole rings is 1. The van der Waals surface area contributed by atoms with Gasteiger partial charge in [0.25, 0.3) is 0 Å². The van der Waals surface area contributed by atoms with Crippen LogP contribution in [0.4, 0.5) is 0 Å². The molecule has 0 radical (unpaired) electrons. The molecular formula is C70H90N2O14S. The Labute approximate surface area is 517 Å². The molecule has 1 heterocycles. The van der Waals surface area contributed by atoms with Crippen molar-refractivity contribution in [1.82, 2.24) is 4.98 Å². The number of rotatable bonds is 41. The van der Waals surface area contributed by atoms with Crippen molar-refractivity contribution < 1.29 is 67.2 Å². The van der Waals surface area contributed by atoms with Crippen LogP contribution in [0, 0.1) is 17.8 Å². The summed E-state index contributed by atoms with van der Waals surface area (Å²) in [5, 5.41) is 10.1. The van der Waals surface area contributed by atoms with E-state index in [4.69, 9.17) is 58.0 Å². The summed E-state index contributed by atoms with van der Waals surface area (Å²) in [5.74, 6) is 1.88. The Morgan fingerprint density at radius 3 is 1.67 bits per heavy atom. The van der Waals surface area contributed by atoms with E-state index in [0.717, 1.165) is 136 Å². The number of ether oxygens (including phenoxy) is 7. The number of unbranched alkanes of at least 4 members (excludes halogenated alkanes) is 13. The number of hydrogen-bond donors (Lipinski definition) is 1. The van der Waals surface area contributed by atoms with Crippen LogP contribution in [0.1, 0.15) is 177 Å².